The monoisotopic (exact) mass is 428 g/mol. The molecule has 1 aliphatic heterocycles. The highest BCUT2D eigenvalue weighted by Crippen LogP contribution is 2.19. The number of amides is 1. The molecule has 0 saturated carbocycles. The number of ether oxygens (including phenoxy) is 2. The van der Waals surface area contributed by atoms with Gasteiger partial charge < -0.3 is 14.4 Å². The Kier molecular flexibility index (Phi) is 7.63. The van der Waals surface area contributed by atoms with Gasteiger partial charge in [-0.2, -0.15) is 0 Å². The number of hydrogen-bond donors (Lipinski definition) is 0. The second-order valence-corrected chi connectivity index (χ2v) is 7.99. The zero-order valence-corrected chi connectivity index (χ0v) is 18.2. The van der Waals surface area contributed by atoms with Crippen molar-refractivity contribution in [2.24, 2.45) is 0 Å². The van der Waals surface area contributed by atoms with Crippen molar-refractivity contribution in [2.45, 2.75) is 38.9 Å². The Labute approximate surface area is 182 Å². The number of benzene rings is 2. The Morgan fingerprint density at radius 2 is 1.61 bits per heavy atom. The van der Waals surface area contributed by atoms with Crippen molar-refractivity contribution >= 4 is 11.9 Å². The lowest BCUT2D eigenvalue weighted by Crippen LogP contribution is -2.58. The van der Waals surface area contributed by atoms with E-state index in [0.29, 0.717) is 12.3 Å². The molecule has 0 N–H and O–H groups in total. The first-order chi connectivity index (χ1) is 14.9. The summed E-state index contributed by atoms with van der Waals surface area (Å²) in [5.74, 6) is -0.0127. The molecule has 1 fully saturated rings. The summed E-state index contributed by atoms with van der Waals surface area (Å²) in [6.45, 7) is 6.17. The average Bonchev–Trinajstić information content (AvgIpc) is 2.76. The lowest BCUT2D eigenvalue weighted by molar-refractivity contribution is -0.140. The summed E-state index contributed by atoms with van der Waals surface area (Å²) >= 11 is 0. The zero-order chi connectivity index (χ0) is 22.4. The van der Waals surface area contributed by atoms with Crippen molar-refractivity contribution in [3.8, 4) is 5.75 Å². The van der Waals surface area contributed by atoms with Crippen molar-refractivity contribution in [3.63, 3.8) is 0 Å². The number of rotatable bonds is 7. The molecule has 2 aromatic carbocycles. The topological polar surface area (TPSA) is 59.1 Å². The van der Waals surface area contributed by atoms with Crippen LogP contribution in [0.4, 0.5) is 4.39 Å². The van der Waals surface area contributed by atoms with Gasteiger partial charge in [-0.25, -0.2) is 4.39 Å². The van der Waals surface area contributed by atoms with E-state index in [-0.39, 0.29) is 42.8 Å². The SMILES string of the molecule is COC(=O)Cc1ccc(OCC(=O)N2CC(C)N(Cc3ccc(F)cc3)CC2C)cc1. The molecule has 1 amide bonds. The van der Waals surface area contributed by atoms with E-state index in [1.807, 2.05) is 11.8 Å². The third kappa shape index (κ3) is 6.28. The van der Waals surface area contributed by atoms with Crippen molar-refractivity contribution < 1.29 is 23.5 Å². The number of piperazine rings is 1. The predicted molar refractivity (Wildman–Crippen MR) is 115 cm³/mol. The summed E-state index contributed by atoms with van der Waals surface area (Å²) in [5.41, 5.74) is 1.88. The number of methoxy groups -OCH3 is 1. The van der Waals surface area contributed by atoms with Crippen LogP contribution in [0.3, 0.4) is 0 Å². The van der Waals surface area contributed by atoms with Crippen molar-refractivity contribution in [3.05, 3.63) is 65.5 Å². The van der Waals surface area contributed by atoms with E-state index in [1.54, 1.807) is 36.4 Å². The van der Waals surface area contributed by atoms with E-state index < -0.39 is 0 Å². The molecule has 0 aromatic heterocycles. The second-order valence-electron chi connectivity index (χ2n) is 7.99. The van der Waals surface area contributed by atoms with Gasteiger partial charge in [0.25, 0.3) is 5.91 Å². The van der Waals surface area contributed by atoms with Crippen LogP contribution in [0.15, 0.2) is 48.5 Å². The molecule has 1 heterocycles. The quantitative estimate of drug-likeness (QED) is 0.635. The highest BCUT2D eigenvalue weighted by atomic mass is 19.1. The molecule has 2 aromatic rings. The molecule has 0 bridgehead atoms. The molecule has 0 aliphatic carbocycles. The summed E-state index contributed by atoms with van der Waals surface area (Å²) < 4.78 is 23.5. The molecule has 0 spiro atoms. The van der Waals surface area contributed by atoms with Gasteiger partial charge in [-0.05, 0) is 49.2 Å². The number of carbonyl (C=O) groups is 2. The largest absolute Gasteiger partial charge is 0.484 e. The van der Waals surface area contributed by atoms with Crippen molar-refractivity contribution in [2.75, 3.05) is 26.8 Å². The van der Waals surface area contributed by atoms with Gasteiger partial charge in [0.2, 0.25) is 0 Å². The first-order valence-electron chi connectivity index (χ1n) is 10.4. The van der Waals surface area contributed by atoms with Crippen LogP contribution < -0.4 is 4.74 Å². The van der Waals surface area contributed by atoms with Crippen LogP contribution in [0.1, 0.15) is 25.0 Å². The smallest absolute Gasteiger partial charge is 0.309 e. The highest BCUT2D eigenvalue weighted by molar-refractivity contribution is 5.78. The maximum Gasteiger partial charge on any atom is 0.309 e. The number of halogens is 1. The van der Waals surface area contributed by atoms with E-state index in [4.69, 9.17) is 4.74 Å². The third-order valence-electron chi connectivity index (χ3n) is 5.60. The minimum Gasteiger partial charge on any atom is -0.484 e. The predicted octanol–water partition coefficient (Wildman–Crippen LogP) is 3.04. The van der Waals surface area contributed by atoms with E-state index >= 15 is 0 Å². The third-order valence-corrected chi connectivity index (χ3v) is 5.60. The zero-order valence-electron chi connectivity index (χ0n) is 18.2. The summed E-state index contributed by atoms with van der Waals surface area (Å²) in [6, 6.07) is 13.9. The van der Waals surface area contributed by atoms with E-state index in [2.05, 4.69) is 16.6 Å². The maximum absolute atomic E-state index is 13.1. The Balaban J connectivity index is 1.50. The minimum absolute atomic E-state index is 0.0363. The van der Waals surface area contributed by atoms with Gasteiger partial charge >= 0.3 is 5.97 Å². The van der Waals surface area contributed by atoms with Gasteiger partial charge in [0.15, 0.2) is 6.61 Å². The summed E-state index contributed by atoms with van der Waals surface area (Å²) in [7, 11) is 1.36. The normalized spacial score (nSPS) is 19.2. The second kappa shape index (κ2) is 10.4. The Bertz CT molecular complexity index is 885. The molecule has 1 saturated heterocycles. The number of carbonyl (C=O) groups excluding carboxylic acids is 2. The van der Waals surface area contributed by atoms with Crippen LogP contribution in [0.2, 0.25) is 0 Å². The molecule has 31 heavy (non-hydrogen) atoms. The molecule has 166 valence electrons. The molecule has 2 atom stereocenters. The molecule has 2 unspecified atom stereocenters. The van der Waals surface area contributed by atoms with Crippen LogP contribution in [-0.4, -0.2) is 60.6 Å². The van der Waals surface area contributed by atoms with Crippen LogP contribution in [0.25, 0.3) is 0 Å². The van der Waals surface area contributed by atoms with Gasteiger partial charge in [0, 0.05) is 31.7 Å². The lowest BCUT2D eigenvalue weighted by Gasteiger charge is -2.44. The standard InChI is InChI=1S/C24H29FN2O4/c1-17-14-27(18(2)13-26(17)15-20-4-8-21(25)9-5-20)23(28)16-31-22-10-6-19(7-11-22)12-24(29)30-3/h4-11,17-18H,12-16H2,1-3H3. The molecule has 3 rings (SSSR count). The van der Waals surface area contributed by atoms with Gasteiger partial charge in [-0.15, -0.1) is 0 Å². The van der Waals surface area contributed by atoms with E-state index in [1.165, 1.54) is 19.2 Å². The highest BCUT2D eigenvalue weighted by Gasteiger charge is 2.32. The first-order valence-corrected chi connectivity index (χ1v) is 10.4. The number of hydrogen-bond acceptors (Lipinski definition) is 5. The molecule has 1 aliphatic rings. The van der Waals surface area contributed by atoms with Crippen LogP contribution in [0.5, 0.6) is 5.75 Å². The van der Waals surface area contributed by atoms with Gasteiger partial charge in [-0.1, -0.05) is 24.3 Å². The lowest BCUT2D eigenvalue weighted by atomic mass is 10.1. The molecular formula is C24H29FN2O4. The van der Waals surface area contributed by atoms with Crippen LogP contribution in [0, 0.1) is 5.82 Å². The van der Waals surface area contributed by atoms with Gasteiger partial charge in [0.1, 0.15) is 11.6 Å². The molecule has 6 nitrogen and oxygen atoms in total. The van der Waals surface area contributed by atoms with Gasteiger partial charge in [0.05, 0.1) is 13.5 Å². The number of esters is 1. The first kappa shape index (κ1) is 22.7. The fourth-order valence-corrected chi connectivity index (χ4v) is 3.76. The number of nitrogens with zero attached hydrogens (tertiary/aromatic N) is 2. The fourth-order valence-electron chi connectivity index (χ4n) is 3.76. The fraction of sp³-hybridized carbons (Fsp3) is 0.417. The summed E-state index contributed by atoms with van der Waals surface area (Å²) in [6.07, 6.45) is 0.202. The van der Waals surface area contributed by atoms with Crippen molar-refractivity contribution in [1.82, 2.24) is 9.80 Å². The maximum atomic E-state index is 13.1. The molecule has 0 radical (unpaired) electrons. The summed E-state index contributed by atoms with van der Waals surface area (Å²) in [4.78, 5) is 28.3. The molecule has 7 heteroatoms. The Morgan fingerprint density at radius 3 is 2.26 bits per heavy atom. The Morgan fingerprint density at radius 1 is 0.968 bits per heavy atom. The Hall–Kier alpha value is -2.93. The van der Waals surface area contributed by atoms with Crippen LogP contribution in [-0.2, 0) is 27.3 Å². The van der Waals surface area contributed by atoms with Crippen LogP contribution >= 0.6 is 0 Å². The van der Waals surface area contributed by atoms with E-state index in [0.717, 1.165) is 24.2 Å². The average molecular weight is 429 g/mol. The molecular weight excluding hydrogens is 399 g/mol. The van der Waals surface area contributed by atoms with Crippen molar-refractivity contribution in [1.29, 1.82) is 0 Å². The summed E-state index contributed by atoms with van der Waals surface area (Å²) in [5, 5.41) is 0. The minimum atomic E-state index is -0.300. The van der Waals surface area contributed by atoms with E-state index in [9.17, 15) is 14.0 Å². The van der Waals surface area contributed by atoms with Gasteiger partial charge in [-0.3, -0.25) is 14.5 Å².